The number of fused-ring (bicyclic) bond motifs is 1. The van der Waals surface area contributed by atoms with E-state index < -0.39 is 0 Å². The normalized spacial score (nSPS) is 14.3. The van der Waals surface area contributed by atoms with Crippen LogP contribution in [0.4, 0.5) is 5.69 Å². The summed E-state index contributed by atoms with van der Waals surface area (Å²) in [6.45, 7) is 1.69. The molecular weight excluding hydrogens is 482 g/mol. The molecule has 0 radical (unpaired) electrons. The molecule has 2 amide bonds. The Morgan fingerprint density at radius 1 is 0.974 bits per heavy atom. The molecule has 3 aromatic rings. The lowest BCUT2D eigenvalue weighted by Crippen LogP contribution is -2.33. The van der Waals surface area contributed by atoms with Crippen molar-refractivity contribution in [2.75, 3.05) is 53.4 Å². The molecule has 1 heterocycles. The van der Waals surface area contributed by atoms with Gasteiger partial charge in [-0.25, -0.2) is 0 Å². The number of carbonyl (C=O) groups excluding carboxylic acids is 2. The Hall–Kier alpha value is -4.04. The molecule has 0 spiro atoms. The minimum absolute atomic E-state index is 0.00340. The molecule has 0 aliphatic carbocycles. The predicted octanol–water partition coefficient (Wildman–Crippen LogP) is 4.62. The zero-order chi connectivity index (χ0) is 27.1. The van der Waals surface area contributed by atoms with Crippen molar-refractivity contribution in [3.63, 3.8) is 0 Å². The number of ether oxygens (including phenoxy) is 3. The molecule has 1 N–H and O–H groups in total. The van der Waals surface area contributed by atoms with Gasteiger partial charge in [0.1, 0.15) is 6.17 Å². The van der Waals surface area contributed by atoms with E-state index in [2.05, 4.69) is 5.32 Å². The third-order valence-electron chi connectivity index (χ3n) is 6.75. The van der Waals surface area contributed by atoms with Crippen LogP contribution in [0.15, 0.2) is 66.7 Å². The number of rotatable bonds is 12. The van der Waals surface area contributed by atoms with Crippen molar-refractivity contribution >= 4 is 17.5 Å². The summed E-state index contributed by atoms with van der Waals surface area (Å²) in [6, 6.07) is 20.8. The molecule has 4 rings (SSSR count). The van der Waals surface area contributed by atoms with Gasteiger partial charge in [-0.2, -0.15) is 0 Å². The highest BCUT2D eigenvalue weighted by atomic mass is 16.5. The fourth-order valence-corrected chi connectivity index (χ4v) is 4.69. The van der Waals surface area contributed by atoms with Crippen molar-refractivity contribution in [3.05, 3.63) is 89.0 Å². The lowest BCUT2D eigenvalue weighted by molar-refractivity contribution is 0.0720. The number of nitrogens with one attached hydrogen (secondary N) is 1. The van der Waals surface area contributed by atoms with E-state index in [0.29, 0.717) is 48.7 Å². The third kappa shape index (κ3) is 5.92. The van der Waals surface area contributed by atoms with Crippen LogP contribution in [0.3, 0.4) is 0 Å². The van der Waals surface area contributed by atoms with Crippen molar-refractivity contribution in [3.8, 4) is 11.5 Å². The predicted molar refractivity (Wildman–Crippen MR) is 147 cm³/mol. The first kappa shape index (κ1) is 27.0. The number of nitrogens with zero attached hydrogens (tertiary/aromatic N) is 2. The minimum atomic E-state index is -0.316. The standard InChI is InChI=1S/C30H35N3O5/c1-32(17-15-21-13-14-26(37-3)27(19-21)38-4)29(34)22-9-7-10-23(20-22)31-28-24-11-5-6-12-25(24)30(35)33(28)16-8-18-36-2/h5-7,9-14,19-20,28,31H,8,15-18H2,1-4H3. The van der Waals surface area contributed by atoms with Crippen LogP contribution < -0.4 is 14.8 Å². The number of amides is 2. The molecule has 0 bridgehead atoms. The largest absolute Gasteiger partial charge is 0.493 e. The molecule has 8 heteroatoms. The van der Waals surface area contributed by atoms with Crippen molar-refractivity contribution in [1.82, 2.24) is 9.80 Å². The third-order valence-corrected chi connectivity index (χ3v) is 6.75. The Bertz CT molecular complexity index is 1280. The average Bonchev–Trinajstić information content (AvgIpc) is 3.21. The first-order chi connectivity index (χ1) is 18.5. The second-order valence-corrected chi connectivity index (χ2v) is 9.23. The quantitative estimate of drug-likeness (QED) is 0.353. The lowest BCUT2D eigenvalue weighted by atomic mass is 10.1. The van der Waals surface area contributed by atoms with E-state index >= 15 is 0 Å². The zero-order valence-corrected chi connectivity index (χ0v) is 22.4. The van der Waals surface area contributed by atoms with Crippen LogP contribution in [-0.4, -0.2) is 69.7 Å². The fourth-order valence-electron chi connectivity index (χ4n) is 4.69. The van der Waals surface area contributed by atoms with Crippen molar-refractivity contribution in [2.24, 2.45) is 0 Å². The number of benzene rings is 3. The van der Waals surface area contributed by atoms with Gasteiger partial charge in [-0.1, -0.05) is 30.3 Å². The van der Waals surface area contributed by atoms with Gasteiger partial charge >= 0.3 is 0 Å². The molecule has 1 aliphatic rings. The van der Waals surface area contributed by atoms with E-state index in [0.717, 1.165) is 23.2 Å². The highest BCUT2D eigenvalue weighted by Gasteiger charge is 2.36. The molecular formula is C30H35N3O5. The smallest absolute Gasteiger partial charge is 0.256 e. The number of anilines is 1. The highest BCUT2D eigenvalue weighted by Crippen LogP contribution is 2.34. The topological polar surface area (TPSA) is 80.3 Å². The molecule has 8 nitrogen and oxygen atoms in total. The molecule has 1 unspecified atom stereocenters. The Kier molecular flexibility index (Phi) is 8.86. The van der Waals surface area contributed by atoms with Crippen LogP contribution in [-0.2, 0) is 11.2 Å². The van der Waals surface area contributed by atoms with E-state index in [1.165, 1.54) is 0 Å². The molecule has 1 atom stereocenters. The van der Waals surface area contributed by atoms with E-state index in [4.69, 9.17) is 14.2 Å². The molecule has 0 fully saturated rings. The van der Waals surface area contributed by atoms with Crippen molar-refractivity contribution in [1.29, 1.82) is 0 Å². The SMILES string of the molecule is COCCCN1C(=O)c2ccccc2C1Nc1cccc(C(=O)N(C)CCc2ccc(OC)c(OC)c2)c1. The fraction of sp³-hybridized carbons (Fsp3) is 0.333. The van der Waals surface area contributed by atoms with E-state index in [-0.39, 0.29) is 18.0 Å². The summed E-state index contributed by atoms with van der Waals surface area (Å²) < 4.78 is 15.9. The number of hydrogen-bond donors (Lipinski definition) is 1. The highest BCUT2D eigenvalue weighted by molar-refractivity contribution is 5.99. The average molecular weight is 518 g/mol. The second kappa shape index (κ2) is 12.5. The van der Waals surface area contributed by atoms with Crippen LogP contribution in [0, 0.1) is 0 Å². The number of likely N-dealkylation sites (N-methyl/N-ethyl adjacent to an activating group) is 1. The van der Waals surface area contributed by atoms with Gasteiger partial charge in [0.25, 0.3) is 11.8 Å². The van der Waals surface area contributed by atoms with E-state index in [1.54, 1.807) is 33.3 Å². The Morgan fingerprint density at radius 3 is 2.53 bits per heavy atom. The van der Waals surface area contributed by atoms with Crippen LogP contribution >= 0.6 is 0 Å². The minimum Gasteiger partial charge on any atom is -0.493 e. The van der Waals surface area contributed by atoms with Crippen molar-refractivity contribution < 1.29 is 23.8 Å². The molecule has 38 heavy (non-hydrogen) atoms. The summed E-state index contributed by atoms with van der Waals surface area (Å²) in [7, 11) is 6.67. The molecule has 1 aliphatic heterocycles. The maximum atomic E-state index is 13.2. The molecule has 3 aromatic carbocycles. The molecule has 0 saturated heterocycles. The summed E-state index contributed by atoms with van der Waals surface area (Å²) in [4.78, 5) is 29.9. The van der Waals surface area contributed by atoms with Crippen LogP contribution in [0.25, 0.3) is 0 Å². The van der Waals surface area contributed by atoms with Gasteiger partial charge in [0.2, 0.25) is 0 Å². The maximum Gasteiger partial charge on any atom is 0.256 e. The van der Waals surface area contributed by atoms with Crippen LogP contribution in [0.5, 0.6) is 11.5 Å². The second-order valence-electron chi connectivity index (χ2n) is 9.23. The number of carbonyl (C=O) groups is 2. The summed E-state index contributed by atoms with van der Waals surface area (Å²) in [5.74, 6) is 1.26. The summed E-state index contributed by atoms with van der Waals surface area (Å²) >= 11 is 0. The monoisotopic (exact) mass is 517 g/mol. The van der Waals surface area contributed by atoms with Gasteiger partial charge in [0, 0.05) is 56.2 Å². The van der Waals surface area contributed by atoms with Gasteiger partial charge in [-0.3, -0.25) is 9.59 Å². The van der Waals surface area contributed by atoms with Gasteiger partial charge in [0.05, 0.1) is 14.2 Å². The lowest BCUT2D eigenvalue weighted by Gasteiger charge is -2.27. The molecule has 200 valence electrons. The summed E-state index contributed by atoms with van der Waals surface area (Å²) in [6.07, 6.45) is 1.10. The van der Waals surface area contributed by atoms with Gasteiger partial charge in [0.15, 0.2) is 11.5 Å². The number of hydrogen-bond acceptors (Lipinski definition) is 6. The Morgan fingerprint density at radius 2 is 1.76 bits per heavy atom. The van der Waals surface area contributed by atoms with Crippen molar-refractivity contribution in [2.45, 2.75) is 19.0 Å². The summed E-state index contributed by atoms with van der Waals surface area (Å²) in [5, 5.41) is 3.49. The zero-order valence-electron chi connectivity index (χ0n) is 22.4. The Labute approximate surface area is 224 Å². The summed E-state index contributed by atoms with van der Waals surface area (Å²) in [5.41, 5.74) is 4.03. The van der Waals surface area contributed by atoms with Crippen LogP contribution in [0.1, 0.15) is 44.4 Å². The van der Waals surface area contributed by atoms with Crippen LogP contribution in [0.2, 0.25) is 0 Å². The maximum absolute atomic E-state index is 13.2. The molecule has 0 aromatic heterocycles. The van der Waals surface area contributed by atoms with Gasteiger partial charge < -0.3 is 29.3 Å². The Balaban J connectivity index is 1.45. The number of methoxy groups -OCH3 is 3. The van der Waals surface area contributed by atoms with Gasteiger partial charge in [-0.15, -0.1) is 0 Å². The molecule has 0 saturated carbocycles. The first-order valence-corrected chi connectivity index (χ1v) is 12.7. The first-order valence-electron chi connectivity index (χ1n) is 12.7. The van der Waals surface area contributed by atoms with E-state index in [9.17, 15) is 9.59 Å². The van der Waals surface area contributed by atoms with E-state index in [1.807, 2.05) is 71.6 Å². The van der Waals surface area contributed by atoms with Gasteiger partial charge in [-0.05, 0) is 54.8 Å².